The van der Waals surface area contributed by atoms with Crippen molar-refractivity contribution in [3.05, 3.63) is 65.2 Å². The second-order valence-corrected chi connectivity index (χ2v) is 4.76. The monoisotopic (exact) mass is 236 g/mol. The summed E-state index contributed by atoms with van der Waals surface area (Å²) in [6.07, 6.45) is 2.17. The average molecular weight is 236 g/mol. The van der Waals surface area contributed by atoms with Gasteiger partial charge in [0.05, 0.1) is 0 Å². The van der Waals surface area contributed by atoms with Gasteiger partial charge in [0.15, 0.2) is 0 Å². The molecule has 0 unspecified atom stereocenters. The number of hydrogen-bond acceptors (Lipinski definition) is 0. The van der Waals surface area contributed by atoms with Crippen LogP contribution in [0, 0.1) is 13.8 Å². The van der Waals surface area contributed by atoms with Gasteiger partial charge < -0.3 is 0 Å². The molecule has 0 amide bonds. The fourth-order valence-electron chi connectivity index (χ4n) is 2.26. The third kappa shape index (κ3) is 2.24. The van der Waals surface area contributed by atoms with Crippen LogP contribution >= 0.6 is 0 Å². The summed E-state index contributed by atoms with van der Waals surface area (Å²) >= 11 is 0. The molecule has 0 heterocycles. The van der Waals surface area contributed by atoms with E-state index in [1.54, 1.807) is 0 Å². The lowest BCUT2D eigenvalue weighted by atomic mass is 9.91. The first-order chi connectivity index (χ1) is 8.65. The lowest BCUT2D eigenvalue weighted by Crippen LogP contribution is -1.91. The smallest absolute Gasteiger partial charge is 0.0106 e. The Kier molecular flexibility index (Phi) is 3.66. The van der Waals surface area contributed by atoms with Crippen LogP contribution in [-0.2, 0) is 0 Å². The van der Waals surface area contributed by atoms with E-state index in [0.29, 0.717) is 0 Å². The van der Waals surface area contributed by atoms with Gasteiger partial charge in [0.1, 0.15) is 0 Å². The summed E-state index contributed by atoms with van der Waals surface area (Å²) in [6.45, 7) is 8.63. The van der Waals surface area contributed by atoms with Crippen molar-refractivity contribution in [1.82, 2.24) is 0 Å². The minimum absolute atomic E-state index is 1.33. The molecule has 0 aliphatic heterocycles. The second-order valence-electron chi connectivity index (χ2n) is 4.76. The van der Waals surface area contributed by atoms with E-state index in [1.165, 1.54) is 33.4 Å². The molecule has 18 heavy (non-hydrogen) atoms. The summed E-state index contributed by atoms with van der Waals surface area (Å²) in [5.74, 6) is 0. The molecule has 0 spiro atoms. The van der Waals surface area contributed by atoms with Gasteiger partial charge in [-0.15, -0.1) is 0 Å². The molecular formula is C18H20. The summed E-state index contributed by atoms with van der Waals surface area (Å²) < 4.78 is 0. The minimum atomic E-state index is 1.33. The fourth-order valence-corrected chi connectivity index (χ4v) is 2.26. The van der Waals surface area contributed by atoms with Crippen molar-refractivity contribution in [3.8, 4) is 11.1 Å². The van der Waals surface area contributed by atoms with Crippen molar-refractivity contribution in [3.63, 3.8) is 0 Å². The topological polar surface area (TPSA) is 0 Å². The summed E-state index contributed by atoms with van der Waals surface area (Å²) in [5.41, 5.74) is 8.04. The van der Waals surface area contributed by atoms with Crippen molar-refractivity contribution in [2.24, 2.45) is 0 Å². The highest BCUT2D eigenvalue weighted by atomic mass is 14.1. The van der Waals surface area contributed by atoms with Crippen LogP contribution in [0.1, 0.15) is 30.5 Å². The highest BCUT2D eigenvalue weighted by Gasteiger charge is 2.08. The lowest BCUT2D eigenvalue weighted by Gasteiger charge is -2.14. The molecule has 0 radical (unpaired) electrons. The molecule has 0 fully saturated rings. The van der Waals surface area contributed by atoms with Crippen LogP contribution in [0.25, 0.3) is 16.7 Å². The summed E-state index contributed by atoms with van der Waals surface area (Å²) in [6, 6.07) is 15.2. The van der Waals surface area contributed by atoms with E-state index in [0.717, 1.165) is 0 Å². The molecular weight excluding hydrogens is 216 g/mol. The Morgan fingerprint density at radius 2 is 1.56 bits per heavy atom. The predicted octanol–water partition coefficient (Wildman–Crippen LogP) is 5.39. The number of benzene rings is 2. The molecule has 0 heteroatoms. The molecule has 0 aliphatic carbocycles. The maximum absolute atomic E-state index is 2.21. The quantitative estimate of drug-likeness (QED) is 0.655. The zero-order valence-corrected chi connectivity index (χ0v) is 11.6. The van der Waals surface area contributed by atoms with Crippen LogP contribution in [0.15, 0.2) is 48.5 Å². The third-order valence-corrected chi connectivity index (χ3v) is 3.68. The van der Waals surface area contributed by atoms with Crippen LogP contribution in [-0.4, -0.2) is 0 Å². The summed E-state index contributed by atoms with van der Waals surface area (Å²) in [5, 5.41) is 0. The molecule has 0 atom stereocenters. The van der Waals surface area contributed by atoms with Gasteiger partial charge in [-0.05, 0) is 61.1 Å². The lowest BCUT2D eigenvalue weighted by molar-refractivity contribution is 1.34. The zero-order valence-electron chi connectivity index (χ0n) is 11.6. The van der Waals surface area contributed by atoms with E-state index in [1.807, 2.05) is 0 Å². The SMILES string of the molecule is CC=C(C)c1ccccc1-c1cccc(C)c1C. The van der Waals surface area contributed by atoms with Crippen LogP contribution in [0.2, 0.25) is 0 Å². The first-order valence-electron chi connectivity index (χ1n) is 6.44. The molecule has 0 N–H and O–H groups in total. The molecule has 0 nitrogen and oxygen atoms in total. The van der Waals surface area contributed by atoms with E-state index < -0.39 is 0 Å². The Morgan fingerprint density at radius 3 is 2.28 bits per heavy atom. The number of rotatable bonds is 2. The predicted molar refractivity (Wildman–Crippen MR) is 80.7 cm³/mol. The van der Waals surface area contributed by atoms with Gasteiger partial charge in [-0.25, -0.2) is 0 Å². The Bertz CT molecular complexity index is 589. The normalized spacial score (nSPS) is 11.7. The standard InChI is InChI=1S/C18H20/c1-5-13(2)16-10-6-7-11-18(16)17-12-8-9-14(3)15(17)4/h5-12H,1-4H3. The Hall–Kier alpha value is -1.82. The Labute approximate surface area is 110 Å². The van der Waals surface area contributed by atoms with Gasteiger partial charge in [0.2, 0.25) is 0 Å². The molecule has 0 aliphatic rings. The van der Waals surface area contributed by atoms with Crippen molar-refractivity contribution in [2.75, 3.05) is 0 Å². The van der Waals surface area contributed by atoms with Crippen LogP contribution < -0.4 is 0 Å². The number of hydrogen-bond donors (Lipinski definition) is 0. The van der Waals surface area contributed by atoms with Gasteiger partial charge in [0.25, 0.3) is 0 Å². The van der Waals surface area contributed by atoms with Crippen LogP contribution in [0.4, 0.5) is 0 Å². The van der Waals surface area contributed by atoms with Crippen LogP contribution in [0.3, 0.4) is 0 Å². The van der Waals surface area contributed by atoms with Gasteiger partial charge in [-0.1, -0.05) is 48.5 Å². The molecule has 2 aromatic carbocycles. The van der Waals surface area contributed by atoms with E-state index >= 15 is 0 Å². The number of allylic oxidation sites excluding steroid dienone is 2. The van der Waals surface area contributed by atoms with Crippen LogP contribution in [0.5, 0.6) is 0 Å². The minimum Gasteiger partial charge on any atom is -0.0841 e. The van der Waals surface area contributed by atoms with Gasteiger partial charge in [0, 0.05) is 0 Å². The average Bonchev–Trinajstić information content (AvgIpc) is 2.41. The van der Waals surface area contributed by atoms with Gasteiger partial charge >= 0.3 is 0 Å². The maximum atomic E-state index is 2.21. The molecule has 0 bridgehead atoms. The molecule has 92 valence electrons. The maximum Gasteiger partial charge on any atom is -0.0106 e. The highest BCUT2D eigenvalue weighted by molar-refractivity contribution is 5.82. The van der Waals surface area contributed by atoms with Crippen molar-refractivity contribution < 1.29 is 0 Å². The summed E-state index contributed by atoms with van der Waals surface area (Å²) in [7, 11) is 0. The van der Waals surface area contributed by atoms with E-state index in [9.17, 15) is 0 Å². The van der Waals surface area contributed by atoms with Crippen molar-refractivity contribution in [2.45, 2.75) is 27.7 Å². The molecule has 2 rings (SSSR count). The second kappa shape index (κ2) is 5.22. The van der Waals surface area contributed by atoms with Gasteiger partial charge in [-0.2, -0.15) is 0 Å². The van der Waals surface area contributed by atoms with Crippen molar-refractivity contribution in [1.29, 1.82) is 0 Å². The number of aryl methyl sites for hydroxylation is 1. The Morgan fingerprint density at radius 1 is 0.889 bits per heavy atom. The first kappa shape index (κ1) is 12.6. The Balaban J connectivity index is 2.68. The first-order valence-corrected chi connectivity index (χ1v) is 6.44. The van der Waals surface area contributed by atoms with E-state index in [4.69, 9.17) is 0 Å². The zero-order chi connectivity index (χ0) is 13.1. The van der Waals surface area contributed by atoms with E-state index in [2.05, 4.69) is 76.2 Å². The molecule has 2 aromatic rings. The molecule has 0 aromatic heterocycles. The largest absolute Gasteiger partial charge is 0.0841 e. The molecule has 0 saturated carbocycles. The van der Waals surface area contributed by atoms with Gasteiger partial charge in [-0.3, -0.25) is 0 Å². The molecule has 0 saturated heterocycles. The van der Waals surface area contributed by atoms with E-state index in [-0.39, 0.29) is 0 Å². The highest BCUT2D eigenvalue weighted by Crippen LogP contribution is 2.31. The fraction of sp³-hybridized carbons (Fsp3) is 0.222. The summed E-state index contributed by atoms with van der Waals surface area (Å²) in [4.78, 5) is 0. The van der Waals surface area contributed by atoms with Crippen molar-refractivity contribution >= 4 is 5.57 Å². The third-order valence-electron chi connectivity index (χ3n) is 3.68.